The van der Waals surface area contributed by atoms with E-state index in [1.54, 1.807) is 6.92 Å². The number of halogens is 5. The van der Waals surface area contributed by atoms with Crippen LogP contribution in [0.5, 0.6) is 0 Å². The number of hydrogen-bond donors (Lipinski definition) is 2. The summed E-state index contributed by atoms with van der Waals surface area (Å²) in [6, 6.07) is 6.67. The van der Waals surface area contributed by atoms with Crippen LogP contribution < -0.4 is 10.6 Å². The number of amides is 2. The quantitative estimate of drug-likeness (QED) is 0.312. The zero-order valence-electron chi connectivity index (χ0n) is 18.3. The van der Waals surface area contributed by atoms with E-state index in [1.165, 1.54) is 24.3 Å². The normalized spacial score (nSPS) is 13.4. The fourth-order valence-electron chi connectivity index (χ4n) is 3.47. The van der Waals surface area contributed by atoms with Crippen LogP contribution in [0.4, 0.5) is 24.5 Å². The lowest BCUT2D eigenvalue weighted by Gasteiger charge is -2.15. The highest BCUT2D eigenvalue weighted by Crippen LogP contribution is 2.35. The van der Waals surface area contributed by atoms with Gasteiger partial charge in [0.2, 0.25) is 0 Å². The van der Waals surface area contributed by atoms with Crippen molar-refractivity contribution in [2.24, 2.45) is 0 Å². The maximum atomic E-state index is 13.5. The minimum absolute atomic E-state index is 0.00563. The van der Waals surface area contributed by atoms with Crippen LogP contribution in [0.3, 0.4) is 0 Å². The topological polar surface area (TPSA) is 119 Å². The molecule has 1 aliphatic rings. The Kier molecular flexibility index (Phi) is 6.67. The third-order valence-corrected chi connectivity index (χ3v) is 5.83. The molecule has 0 radical (unpaired) electrons. The van der Waals surface area contributed by atoms with Crippen LogP contribution in [-0.4, -0.2) is 32.6 Å². The van der Waals surface area contributed by atoms with Gasteiger partial charge in [0.15, 0.2) is 11.4 Å². The highest BCUT2D eigenvalue weighted by Gasteiger charge is 2.38. The van der Waals surface area contributed by atoms with Crippen molar-refractivity contribution in [3.05, 3.63) is 79.1 Å². The van der Waals surface area contributed by atoms with Crippen molar-refractivity contribution in [3.8, 4) is 5.69 Å². The predicted molar refractivity (Wildman–Crippen MR) is 125 cm³/mol. The number of alkyl halides is 3. The number of hydrogen-bond acceptors (Lipinski definition) is 5. The summed E-state index contributed by atoms with van der Waals surface area (Å²) in [6.07, 6.45) is -3.38. The van der Waals surface area contributed by atoms with E-state index in [0.29, 0.717) is 16.3 Å². The van der Waals surface area contributed by atoms with Crippen LogP contribution in [0.1, 0.15) is 44.9 Å². The molecule has 188 valence electrons. The van der Waals surface area contributed by atoms with Crippen molar-refractivity contribution in [2.75, 3.05) is 5.32 Å². The largest absolute Gasteiger partial charge is 0.435 e. The molecule has 0 aliphatic heterocycles. The van der Waals surface area contributed by atoms with Crippen LogP contribution >= 0.6 is 23.2 Å². The molecular formula is C22H16Cl2F3N5O4. The molecule has 1 saturated carbocycles. The number of nitrogens with one attached hydrogen (secondary N) is 2. The molecule has 2 amide bonds. The first kappa shape index (κ1) is 25.5. The third kappa shape index (κ3) is 5.14. The van der Waals surface area contributed by atoms with Crippen molar-refractivity contribution in [1.29, 1.82) is 0 Å². The zero-order chi connectivity index (χ0) is 26.4. The average Bonchev–Trinajstić information content (AvgIpc) is 3.47. The van der Waals surface area contributed by atoms with Crippen molar-refractivity contribution >= 4 is 46.4 Å². The van der Waals surface area contributed by atoms with Gasteiger partial charge in [0, 0.05) is 23.2 Å². The summed E-state index contributed by atoms with van der Waals surface area (Å²) in [6.45, 7) is 1.55. The molecule has 1 heterocycles. The van der Waals surface area contributed by atoms with E-state index >= 15 is 0 Å². The summed E-state index contributed by atoms with van der Waals surface area (Å²) in [4.78, 5) is 36.7. The number of aromatic nitrogens is 2. The molecule has 1 aliphatic carbocycles. The van der Waals surface area contributed by atoms with E-state index in [4.69, 9.17) is 23.2 Å². The first-order valence-electron chi connectivity index (χ1n) is 10.4. The van der Waals surface area contributed by atoms with Gasteiger partial charge in [0.05, 0.1) is 21.2 Å². The zero-order valence-corrected chi connectivity index (χ0v) is 19.8. The molecule has 0 spiro atoms. The Morgan fingerprint density at radius 1 is 1.17 bits per heavy atom. The molecule has 1 fully saturated rings. The fourth-order valence-corrected chi connectivity index (χ4v) is 3.99. The van der Waals surface area contributed by atoms with Crippen LogP contribution in [0, 0.1) is 17.0 Å². The van der Waals surface area contributed by atoms with Crippen LogP contribution in [0.15, 0.2) is 36.4 Å². The standard InChI is InChI=1S/C22H16Cl2F3N5O4/c1-10-7-11(23)8-13(20(33)28-12-5-6-12)18(10)29-21(34)16-9-17(22(25,26)27)30-31(16)19-14(24)3-2-4-15(19)32(35)36/h2-4,7-9,12H,5-6H2,1H3,(H,28,33)(H,29,34). The van der Waals surface area contributed by atoms with Gasteiger partial charge >= 0.3 is 6.18 Å². The Bertz CT molecular complexity index is 1400. The van der Waals surface area contributed by atoms with E-state index in [2.05, 4.69) is 15.7 Å². The van der Waals surface area contributed by atoms with Crippen molar-refractivity contribution in [2.45, 2.75) is 32.0 Å². The Balaban J connectivity index is 1.83. The van der Waals surface area contributed by atoms with Crippen molar-refractivity contribution in [3.63, 3.8) is 0 Å². The Labute approximate surface area is 211 Å². The van der Waals surface area contributed by atoms with E-state index in [-0.39, 0.29) is 27.3 Å². The highest BCUT2D eigenvalue weighted by atomic mass is 35.5. The maximum absolute atomic E-state index is 13.5. The number of carbonyl (C=O) groups excluding carboxylic acids is 2. The molecule has 0 unspecified atom stereocenters. The second kappa shape index (κ2) is 9.43. The Morgan fingerprint density at radius 3 is 2.47 bits per heavy atom. The molecule has 0 saturated heterocycles. The molecule has 3 aromatic rings. The number of nitro benzene ring substituents is 1. The van der Waals surface area contributed by atoms with Gasteiger partial charge in [-0.05, 0) is 43.5 Å². The van der Waals surface area contributed by atoms with Gasteiger partial charge in [-0.2, -0.15) is 18.3 Å². The summed E-state index contributed by atoms with van der Waals surface area (Å²) in [5.74, 6) is -1.64. The van der Waals surface area contributed by atoms with Crippen molar-refractivity contribution in [1.82, 2.24) is 15.1 Å². The second-order valence-electron chi connectivity index (χ2n) is 8.04. The van der Waals surface area contributed by atoms with Gasteiger partial charge in [-0.25, -0.2) is 4.68 Å². The number of anilines is 1. The first-order valence-corrected chi connectivity index (χ1v) is 11.1. The predicted octanol–water partition coefficient (Wildman–Crippen LogP) is 5.56. The molecule has 9 nitrogen and oxygen atoms in total. The number of nitro groups is 1. The number of carbonyl (C=O) groups is 2. The van der Waals surface area contributed by atoms with Crippen molar-refractivity contribution < 1.29 is 27.7 Å². The summed E-state index contributed by atoms with van der Waals surface area (Å²) in [7, 11) is 0. The lowest BCUT2D eigenvalue weighted by molar-refractivity contribution is -0.384. The number of aryl methyl sites for hydroxylation is 1. The first-order chi connectivity index (χ1) is 16.9. The molecule has 1 aromatic heterocycles. The smallest absolute Gasteiger partial charge is 0.349 e. The maximum Gasteiger partial charge on any atom is 0.435 e. The lowest BCUT2D eigenvalue weighted by atomic mass is 10.1. The van der Waals surface area contributed by atoms with Crippen LogP contribution in [-0.2, 0) is 6.18 Å². The van der Waals surface area contributed by atoms with E-state index in [9.17, 15) is 32.9 Å². The summed E-state index contributed by atoms with van der Waals surface area (Å²) in [5.41, 5.74) is -2.97. The van der Waals surface area contributed by atoms with Crippen LogP contribution in [0.2, 0.25) is 10.0 Å². The third-order valence-electron chi connectivity index (χ3n) is 5.30. The minimum Gasteiger partial charge on any atom is -0.349 e. The molecular weight excluding hydrogens is 526 g/mol. The SMILES string of the molecule is Cc1cc(Cl)cc(C(=O)NC2CC2)c1NC(=O)c1cc(C(F)(F)F)nn1-c1c(Cl)cccc1[N+](=O)[O-]. The number of nitrogens with zero attached hydrogens (tertiary/aromatic N) is 3. The van der Waals surface area contributed by atoms with E-state index in [0.717, 1.165) is 18.9 Å². The Morgan fingerprint density at radius 2 is 1.86 bits per heavy atom. The molecule has 2 aromatic carbocycles. The summed E-state index contributed by atoms with van der Waals surface area (Å²) >= 11 is 12.2. The minimum atomic E-state index is -4.97. The molecule has 2 N–H and O–H groups in total. The second-order valence-corrected chi connectivity index (χ2v) is 8.88. The summed E-state index contributed by atoms with van der Waals surface area (Å²) < 4.78 is 41.0. The lowest BCUT2D eigenvalue weighted by Crippen LogP contribution is -2.27. The summed E-state index contributed by atoms with van der Waals surface area (Å²) in [5, 5.41) is 20.0. The van der Waals surface area contributed by atoms with Gasteiger partial charge in [0.1, 0.15) is 5.69 Å². The highest BCUT2D eigenvalue weighted by molar-refractivity contribution is 6.33. The van der Waals surface area contributed by atoms with Gasteiger partial charge in [-0.1, -0.05) is 29.3 Å². The van der Waals surface area contributed by atoms with E-state index in [1.807, 2.05) is 0 Å². The van der Waals surface area contributed by atoms with Gasteiger partial charge in [0.25, 0.3) is 17.5 Å². The average molecular weight is 542 g/mol. The molecule has 0 atom stereocenters. The molecule has 4 rings (SSSR count). The molecule has 36 heavy (non-hydrogen) atoms. The fraction of sp³-hybridized carbons (Fsp3) is 0.227. The molecule has 0 bridgehead atoms. The Hall–Kier alpha value is -3.64. The number of rotatable bonds is 6. The van der Waals surface area contributed by atoms with Gasteiger partial charge in [-0.3, -0.25) is 19.7 Å². The monoisotopic (exact) mass is 541 g/mol. The van der Waals surface area contributed by atoms with E-state index < -0.39 is 45.7 Å². The van der Waals surface area contributed by atoms with Gasteiger partial charge < -0.3 is 10.6 Å². The number of benzene rings is 2. The number of para-hydroxylation sites is 1. The van der Waals surface area contributed by atoms with Crippen LogP contribution in [0.25, 0.3) is 5.69 Å². The molecule has 14 heteroatoms. The van der Waals surface area contributed by atoms with Gasteiger partial charge in [-0.15, -0.1) is 0 Å².